The first-order valence-corrected chi connectivity index (χ1v) is 7.66. The van der Waals surface area contributed by atoms with Gasteiger partial charge in [0.2, 0.25) is 5.82 Å². The van der Waals surface area contributed by atoms with Crippen LogP contribution in [0, 0.1) is 6.92 Å². The van der Waals surface area contributed by atoms with Crippen LogP contribution in [-0.2, 0) is 0 Å². The van der Waals surface area contributed by atoms with E-state index in [4.69, 9.17) is 16.1 Å². The molecule has 0 amide bonds. The van der Waals surface area contributed by atoms with Crippen LogP contribution >= 0.6 is 11.6 Å². The van der Waals surface area contributed by atoms with Gasteiger partial charge in [0.1, 0.15) is 0 Å². The van der Waals surface area contributed by atoms with Crippen LogP contribution in [0.2, 0.25) is 5.02 Å². The van der Waals surface area contributed by atoms with Crippen molar-refractivity contribution in [3.63, 3.8) is 0 Å². The summed E-state index contributed by atoms with van der Waals surface area (Å²) in [6.07, 6.45) is 1.71. The Bertz CT molecular complexity index is 973. The van der Waals surface area contributed by atoms with Crippen LogP contribution in [0.1, 0.15) is 5.69 Å². The van der Waals surface area contributed by atoms with Gasteiger partial charge in [-0.2, -0.15) is 4.98 Å². The molecule has 0 aliphatic rings. The van der Waals surface area contributed by atoms with E-state index in [2.05, 4.69) is 20.5 Å². The summed E-state index contributed by atoms with van der Waals surface area (Å²) in [5.41, 5.74) is 3.57. The number of hydrogen-bond donors (Lipinski definition) is 0. The maximum atomic E-state index is 5.89. The topological polar surface area (TPSA) is 69.6 Å². The molecule has 0 saturated heterocycles. The van der Waals surface area contributed by atoms with Gasteiger partial charge in [0.15, 0.2) is 0 Å². The third-order valence-electron chi connectivity index (χ3n) is 3.61. The number of benzene rings is 2. The molecule has 0 unspecified atom stereocenters. The van der Waals surface area contributed by atoms with Crippen LogP contribution < -0.4 is 0 Å². The van der Waals surface area contributed by atoms with Crippen LogP contribution in [-0.4, -0.2) is 25.1 Å². The van der Waals surface area contributed by atoms with Gasteiger partial charge in [-0.15, -0.1) is 5.10 Å². The standard InChI is InChI=1S/C17H12ClN5O/c1-11-10-19-22-23(11)15-8-4-13(5-9-15)17-20-16(21-24-17)12-2-6-14(18)7-3-12/h2-10H,1H3. The third kappa shape index (κ3) is 2.68. The number of aromatic nitrogens is 5. The highest BCUT2D eigenvalue weighted by Gasteiger charge is 2.11. The van der Waals surface area contributed by atoms with Gasteiger partial charge < -0.3 is 4.52 Å². The van der Waals surface area contributed by atoms with Crippen molar-refractivity contribution >= 4 is 11.6 Å². The van der Waals surface area contributed by atoms with Gasteiger partial charge in [0.05, 0.1) is 17.6 Å². The van der Waals surface area contributed by atoms with Gasteiger partial charge in [0.25, 0.3) is 5.89 Å². The molecule has 6 nitrogen and oxygen atoms in total. The summed E-state index contributed by atoms with van der Waals surface area (Å²) in [6, 6.07) is 15.0. The summed E-state index contributed by atoms with van der Waals surface area (Å²) in [4.78, 5) is 4.43. The largest absolute Gasteiger partial charge is 0.334 e. The highest BCUT2D eigenvalue weighted by Crippen LogP contribution is 2.24. The number of nitrogens with zero attached hydrogens (tertiary/aromatic N) is 5. The molecule has 0 saturated carbocycles. The molecule has 0 atom stereocenters. The first-order chi connectivity index (χ1) is 11.7. The lowest BCUT2D eigenvalue weighted by atomic mass is 10.2. The zero-order valence-electron chi connectivity index (χ0n) is 12.7. The molecular formula is C17H12ClN5O. The molecule has 7 heteroatoms. The minimum absolute atomic E-state index is 0.460. The normalized spacial score (nSPS) is 10.9. The van der Waals surface area contributed by atoms with E-state index < -0.39 is 0 Å². The van der Waals surface area contributed by atoms with Gasteiger partial charge in [0, 0.05) is 16.1 Å². The van der Waals surface area contributed by atoms with Crippen molar-refractivity contribution in [1.29, 1.82) is 0 Å². The van der Waals surface area contributed by atoms with E-state index in [1.54, 1.807) is 23.0 Å². The molecule has 0 radical (unpaired) electrons. The molecule has 0 fully saturated rings. The summed E-state index contributed by atoms with van der Waals surface area (Å²) in [7, 11) is 0. The lowest BCUT2D eigenvalue weighted by molar-refractivity contribution is 0.432. The Morgan fingerprint density at radius 3 is 2.33 bits per heavy atom. The Morgan fingerprint density at radius 1 is 0.958 bits per heavy atom. The van der Waals surface area contributed by atoms with Crippen LogP contribution in [0.5, 0.6) is 0 Å². The van der Waals surface area contributed by atoms with Gasteiger partial charge in [-0.3, -0.25) is 0 Å². The van der Waals surface area contributed by atoms with E-state index in [1.165, 1.54) is 0 Å². The number of hydrogen-bond acceptors (Lipinski definition) is 5. The second-order valence-corrected chi connectivity index (χ2v) is 5.70. The lowest BCUT2D eigenvalue weighted by Crippen LogP contribution is -1.98. The summed E-state index contributed by atoms with van der Waals surface area (Å²) < 4.78 is 7.12. The van der Waals surface area contributed by atoms with E-state index in [0.717, 1.165) is 22.5 Å². The molecule has 4 rings (SSSR count). The van der Waals surface area contributed by atoms with Crippen molar-refractivity contribution in [2.45, 2.75) is 6.92 Å². The Labute approximate surface area is 142 Å². The van der Waals surface area contributed by atoms with E-state index in [0.29, 0.717) is 16.7 Å². The predicted molar refractivity (Wildman–Crippen MR) is 89.8 cm³/mol. The molecule has 0 N–H and O–H groups in total. The molecule has 24 heavy (non-hydrogen) atoms. The van der Waals surface area contributed by atoms with Gasteiger partial charge in [-0.05, 0) is 55.5 Å². The van der Waals surface area contributed by atoms with E-state index in [1.807, 2.05) is 43.3 Å². The van der Waals surface area contributed by atoms with Crippen LogP contribution in [0.25, 0.3) is 28.5 Å². The number of rotatable bonds is 3. The quantitative estimate of drug-likeness (QED) is 0.566. The minimum atomic E-state index is 0.460. The average Bonchev–Trinajstić information content (AvgIpc) is 3.25. The van der Waals surface area contributed by atoms with Crippen molar-refractivity contribution in [3.05, 3.63) is 65.4 Å². The molecule has 2 aromatic carbocycles. The zero-order chi connectivity index (χ0) is 16.5. The second kappa shape index (κ2) is 5.90. The third-order valence-corrected chi connectivity index (χ3v) is 3.86. The zero-order valence-corrected chi connectivity index (χ0v) is 13.5. The first-order valence-electron chi connectivity index (χ1n) is 7.28. The van der Waals surface area contributed by atoms with E-state index in [9.17, 15) is 0 Å². The Hall–Kier alpha value is -2.99. The molecule has 118 valence electrons. The van der Waals surface area contributed by atoms with Crippen LogP contribution in [0.3, 0.4) is 0 Å². The molecule has 0 bridgehead atoms. The van der Waals surface area contributed by atoms with Gasteiger partial charge >= 0.3 is 0 Å². The van der Waals surface area contributed by atoms with Gasteiger partial charge in [-0.1, -0.05) is 22.0 Å². The second-order valence-electron chi connectivity index (χ2n) is 5.26. The van der Waals surface area contributed by atoms with Gasteiger partial charge in [-0.25, -0.2) is 4.68 Å². The first kappa shape index (κ1) is 14.6. The number of halogens is 1. The van der Waals surface area contributed by atoms with Crippen molar-refractivity contribution in [1.82, 2.24) is 25.1 Å². The molecule has 0 aliphatic carbocycles. The predicted octanol–water partition coefficient (Wildman–Crippen LogP) is 3.95. The summed E-state index contributed by atoms with van der Waals surface area (Å²) in [5.74, 6) is 0.986. The highest BCUT2D eigenvalue weighted by atomic mass is 35.5. The van der Waals surface area contributed by atoms with E-state index in [-0.39, 0.29) is 0 Å². The van der Waals surface area contributed by atoms with Crippen LogP contribution in [0.4, 0.5) is 0 Å². The summed E-state index contributed by atoms with van der Waals surface area (Å²) in [5, 5.41) is 12.6. The van der Waals surface area contributed by atoms with Crippen molar-refractivity contribution in [3.8, 4) is 28.5 Å². The maximum absolute atomic E-state index is 5.89. The lowest BCUT2D eigenvalue weighted by Gasteiger charge is -2.02. The van der Waals surface area contributed by atoms with E-state index >= 15 is 0 Å². The molecule has 2 aromatic heterocycles. The monoisotopic (exact) mass is 337 g/mol. The molecule has 0 spiro atoms. The Balaban J connectivity index is 1.63. The fourth-order valence-corrected chi connectivity index (χ4v) is 2.47. The summed E-state index contributed by atoms with van der Waals surface area (Å²) in [6.45, 7) is 1.95. The molecule has 0 aliphatic heterocycles. The Morgan fingerprint density at radius 2 is 1.67 bits per heavy atom. The number of aryl methyl sites for hydroxylation is 1. The Kier molecular flexibility index (Phi) is 3.59. The SMILES string of the molecule is Cc1cnnn1-c1ccc(-c2nc(-c3ccc(Cl)cc3)no2)cc1. The van der Waals surface area contributed by atoms with Crippen molar-refractivity contribution < 1.29 is 4.52 Å². The summed E-state index contributed by atoms with van der Waals surface area (Å²) >= 11 is 5.89. The maximum Gasteiger partial charge on any atom is 0.258 e. The van der Waals surface area contributed by atoms with Crippen LogP contribution in [0.15, 0.2) is 59.3 Å². The molecular weight excluding hydrogens is 326 g/mol. The molecule has 4 aromatic rings. The minimum Gasteiger partial charge on any atom is -0.334 e. The average molecular weight is 338 g/mol. The fraction of sp³-hybridized carbons (Fsp3) is 0.0588. The highest BCUT2D eigenvalue weighted by molar-refractivity contribution is 6.30. The smallest absolute Gasteiger partial charge is 0.258 e. The fourth-order valence-electron chi connectivity index (χ4n) is 2.34. The van der Waals surface area contributed by atoms with Crippen molar-refractivity contribution in [2.24, 2.45) is 0 Å². The molecule has 2 heterocycles. The van der Waals surface area contributed by atoms with Crippen molar-refractivity contribution in [2.75, 3.05) is 0 Å².